The fraction of sp³-hybridized carbons (Fsp3) is 0.278. The third-order valence-corrected chi connectivity index (χ3v) is 4.86. The summed E-state index contributed by atoms with van der Waals surface area (Å²) in [6, 6.07) is 16.6. The third kappa shape index (κ3) is 3.26. The monoisotopic (exact) mass is 330 g/mol. The SMILES string of the molecule is CN(C(=S)Nc1ccc(Cl)cc1)[C@@H]1CCCc2ccccc21. The number of nitrogens with one attached hydrogen (secondary N) is 1. The molecule has 22 heavy (non-hydrogen) atoms. The van der Waals surface area contributed by atoms with Crippen LogP contribution in [-0.2, 0) is 6.42 Å². The molecule has 4 heteroatoms. The van der Waals surface area contributed by atoms with Crippen molar-refractivity contribution < 1.29 is 0 Å². The molecule has 1 N–H and O–H groups in total. The van der Waals surface area contributed by atoms with Crippen LogP contribution in [0.15, 0.2) is 48.5 Å². The summed E-state index contributed by atoms with van der Waals surface area (Å²) >= 11 is 11.5. The summed E-state index contributed by atoms with van der Waals surface area (Å²) in [4.78, 5) is 2.17. The van der Waals surface area contributed by atoms with Crippen LogP contribution in [0, 0.1) is 0 Å². The molecule has 1 atom stereocenters. The van der Waals surface area contributed by atoms with Gasteiger partial charge in [0.05, 0.1) is 6.04 Å². The Morgan fingerprint density at radius 3 is 2.68 bits per heavy atom. The van der Waals surface area contributed by atoms with Gasteiger partial charge in [0.1, 0.15) is 0 Å². The van der Waals surface area contributed by atoms with Crippen molar-refractivity contribution in [1.29, 1.82) is 0 Å². The van der Waals surface area contributed by atoms with E-state index < -0.39 is 0 Å². The summed E-state index contributed by atoms with van der Waals surface area (Å²) < 4.78 is 0. The van der Waals surface area contributed by atoms with Crippen molar-refractivity contribution in [3.8, 4) is 0 Å². The average molecular weight is 331 g/mol. The lowest BCUT2D eigenvalue weighted by molar-refractivity contribution is 0.336. The number of rotatable bonds is 2. The van der Waals surface area contributed by atoms with Crippen molar-refractivity contribution in [3.63, 3.8) is 0 Å². The Morgan fingerprint density at radius 1 is 1.18 bits per heavy atom. The maximum atomic E-state index is 5.92. The number of fused-ring (bicyclic) bond motifs is 1. The molecule has 0 unspecified atom stereocenters. The van der Waals surface area contributed by atoms with Crippen LogP contribution >= 0.6 is 23.8 Å². The van der Waals surface area contributed by atoms with E-state index in [0.29, 0.717) is 6.04 Å². The largest absolute Gasteiger partial charge is 0.345 e. The van der Waals surface area contributed by atoms with E-state index in [0.717, 1.165) is 28.7 Å². The first-order valence-corrected chi connectivity index (χ1v) is 8.31. The first-order valence-electron chi connectivity index (χ1n) is 7.52. The van der Waals surface area contributed by atoms with E-state index in [1.54, 1.807) is 0 Å². The lowest BCUT2D eigenvalue weighted by atomic mass is 9.87. The number of hydrogen-bond acceptors (Lipinski definition) is 1. The van der Waals surface area contributed by atoms with E-state index >= 15 is 0 Å². The average Bonchev–Trinajstić information content (AvgIpc) is 2.55. The van der Waals surface area contributed by atoms with Crippen molar-refractivity contribution in [3.05, 3.63) is 64.7 Å². The second-order valence-corrected chi connectivity index (χ2v) is 6.48. The van der Waals surface area contributed by atoms with E-state index in [1.807, 2.05) is 24.3 Å². The zero-order valence-corrected chi connectivity index (χ0v) is 14.1. The molecule has 114 valence electrons. The van der Waals surface area contributed by atoms with Gasteiger partial charge in [0, 0.05) is 17.8 Å². The normalized spacial score (nSPS) is 16.7. The zero-order valence-electron chi connectivity index (χ0n) is 12.6. The van der Waals surface area contributed by atoms with E-state index in [1.165, 1.54) is 17.5 Å². The molecule has 0 saturated carbocycles. The van der Waals surface area contributed by atoms with Crippen molar-refractivity contribution in [2.45, 2.75) is 25.3 Å². The van der Waals surface area contributed by atoms with Crippen LogP contribution in [0.5, 0.6) is 0 Å². The summed E-state index contributed by atoms with van der Waals surface area (Å²) in [7, 11) is 2.07. The van der Waals surface area contributed by atoms with Gasteiger partial charge < -0.3 is 10.2 Å². The Kier molecular flexibility index (Phi) is 4.65. The summed E-state index contributed by atoms with van der Waals surface area (Å²) in [6.07, 6.45) is 3.50. The van der Waals surface area contributed by atoms with Gasteiger partial charge in [-0.1, -0.05) is 35.9 Å². The van der Waals surface area contributed by atoms with Gasteiger partial charge in [0.2, 0.25) is 0 Å². The quantitative estimate of drug-likeness (QED) is 0.776. The number of benzene rings is 2. The standard InChI is InChI=1S/C18H19ClN2S/c1-21(18(22)20-15-11-9-14(19)10-12-15)17-8-4-6-13-5-2-3-7-16(13)17/h2-3,5,7,9-12,17H,4,6,8H2,1H3,(H,20,22)/t17-/m1/s1. The second kappa shape index (κ2) is 6.67. The molecule has 1 aliphatic carbocycles. The summed E-state index contributed by atoms with van der Waals surface area (Å²) in [5.74, 6) is 0. The highest BCUT2D eigenvalue weighted by Gasteiger charge is 2.24. The van der Waals surface area contributed by atoms with Gasteiger partial charge in [-0.05, 0) is 66.9 Å². The lowest BCUT2D eigenvalue weighted by Crippen LogP contribution is -2.36. The van der Waals surface area contributed by atoms with Crippen LogP contribution in [0.25, 0.3) is 0 Å². The van der Waals surface area contributed by atoms with Gasteiger partial charge in [-0.3, -0.25) is 0 Å². The van der Waals surface area contributed by atoms with Crippen LogP contribution in [-0.4, -0.2) is 17.1 Å². The van der Waals surface area contributed by atoms with Crippen molar-refractivity contribution in [1.82, 2.24) is 4.90 Å². The van der Waals surface area contributed by atoms with Crippen LogP contribution < -0.4 is 5.32 Å². The third-order valence-electron chi connectivity index (χ3n) is 4.22. The molecule has 0 amide bonds. The number of hydrogen-bond donors (Lipinski definition) is 1. The summed E-state index contributed by atoms with van der Waals surface area (Å²) in [6.45, 7) is 0. The van der Waals surface area contributed by atoms with Gasteiger partial charge in [0.15, 0.2) is 5.11 Å². The van der Waals surface area contributed by atoms with Gasteiger partial charge >= 0.3 is 0 Å². The minimum absolute atomic E-state index is 0.345. The maximum Gasteiger partial charge on any atom is 0.173 e. The first-order chi connectivity index (χ1) is 10.6. The molecular formula is C18H19ClN2S. The maximum absolute atomic E-state index is 5.92. The van der Waals surface area contributed by atoms with Crippen LogP contribution in [0.2, 0.25) is 5.02 Å². The number of nitrogens with zero attached hydrogens (tertiary/aromatic N) is 1. The molecule has 2 nitrogen and oxygen atoms in total. The Labute approximate surface area is 142 Å². The summed E-state index contributed by atoms with van der Waals surface area (Å²) in [5, 5.41) is 4.76. The number of anilines is 1. The van der Waals surface area contributed by atoms with Gasteiger partial charge in [0.25, 0.3) is 0 Å². The minimum Gasteiger partial charge on any atom is -0.345 e. The Balaban J connectivity index is 1.75. The molecule has 0 heterocycles. The van der Waals surface area contributed by atoms with Crippen LogP contribution in [0.1, 0.15) is 30.0 Å². The molecule has 0 radical (unpaired) electrons. The van der Waals surface area contributed by atoms with Gasteiger partial charge in [-0.25, -0.2) is 0 Å². The molecule has 2 aromatic rings. The van der Waals surface area contributed by atoms with Crippen LogP contribution in [0.3, 0.4) is 0 Å². The number of thiocarbonyl (C=S) groups is 1. The highest BCUT2D eigenvalue weighted by Crippen LogP contribution is 2.33. The van der Waals surface area contributed by atoms with Crippen molar-refractivity contribution >= 4 is 34.6 Å². The second-order valence-electron chi connectivity index (χ2n) is 5.65. The highest BCUT2D eigenvalue weighted by atomic mass is 35.5. The predicted octanol–water partition coefficient (Wildman–Crippen LogP) is 5.05. The topological polar surface area (TPSA) is 15.3 Å². The molecule has 2 aromatic carbocycles. The van der Waals surface area contributed by atoms with E-state index in [-0.39, 0.29) is 0 Å². The van der Waals surface area contributed by atoms with Crippen LogP contribution in [0.4, 0.5) is 5.69 Å². The molecule has 0 bridgehead atoms. The molecule has 3 rings (SSSR count). The predicted molar refractivity (Wildman–Crippen MR) is 97.6 cm³/mol. The fourth-order valence-corrected chi connectivity index (χ4v) is 3.39. The smallest absolute Gasteiger partial charge is 0.173 e. The number of aryl methyl sites for hydroxylation is 1. The summed E-state index contributed by atoms with van der Waals surface area (Å²) in [5.41, 5.74) is 3.81. The van der Waals surface area contributed by atoms with E-state index in [2.05, 4.69) is 41.5 Å². The fourth-order valence-electron chi connectivity index (χ4n) is 3.02. The first kappa shape index (κ1) is 15.3. The minimum atomic E-state index is 0.345. The van der Waals surface area contributed by atoms with Crippen molar-refractivity contribution in [2.75, 3.05) is 12.4 Å². The lowest BCUT2D eigenvalue weighted by Gasteiger charge is -2.35. The Hall–Kier alpha value is -1.58. The number of halogens is 1. The highest BCUT2D eigenvalue weighted by molar-refractivity contribution is 7.80. The Morgan fingerprint density at radius 2 is 1.91 bits per heavy atom. The molecular weight excluding hydrogens is 312 g/mol. The van der Waals surface area contributed by atoms with Gasteiger partial charge in [-0.2, -0.15) is 0 Å². The molecule has 0 aliphatic heterocycles. The molecule has 0 spiro atoms. The Bertz CT molecular complexity index is 669. The van der Waals surface area contributed by atoms with E-state index in [9.17, 15) is 0 Å². The van der Waals surface area contributed by atoms with Gasteiger partial charge in [-0.15, -0.1) is 0 Å². The molecule has 0 fully saturated rings. The zero-order chi connectivity index (χ0) is 15.5. The molecule has 0 aromatic heterocycles. The molecule has 1 aliphatic rings. The van der Waals surface area contributed by atoms with Crippen molar-refractivity contribution in [2.24, 2.45) is 0 Å². The van der Waals surface area contributed by atoms with E-state index in [4.69, 9.17) is 23.8 Å². The molecule has 0 saturated heterocycles.